The molecule has 3 nitrogen and oxygen atoms in total. The molecular weight excluding hydrogens is 405 g/mol. The molecule has 21 heavy (non-hydrogen) atoms. The summed E-state index contributed by atoms with van der Waals surface area (Å²) in [4.78, 5) is 25.6. The van der Waals surface area contributed by atoms with Gasteiger partial charge in [0, 0.05) is 4.47 Å². The molecular formula is C15H8Br2FNO2. The lowest BCUT2D eigenvalue weighted by atomic mass is 10.1. The molecule has 1 amide bonds. The highest BCUT2D eigenvalue weighted by Crippen LogP contribution is 2.35. The average Bonchev–Trinajstić information content (AvgIpc) is 2.69. The predicted molar refractivity (Wildman–Crippen MR) is 83.8 cm³/mol. The molecule has 1 heterocycles. The van der Waals surface area contributed by atoms with E-state index in [2.05, 4.69) is 31.9 Å². The van der Waals surface area contributed by atoms with Crippen molar-refractivity contribution in [1.29, 1.82) is 0 Å². The summed E-state index contributed by atoms with van der Waals surface area (Å²) in [5.41, 5.74) is 1.68. The van der Waals surface area contributed by atoms with Crippen molar-refractivity contribution in [2.75, 3.05) is 4.90 Å². The van der Waals surface area contributed by atoms with Gasteiger partial charge in [0.2, 0.25) is 0 Å². The Bertz CT molecular complexity index is 776. The maximum atomic E-state index is 13.3. The van der Waals surface area contributed by atoms with Crippen molar-refractivity contribution < 1.29 is 14.0 Å². The Balaban J connectivity index is 2.00. The standard InChI is InChI=1S/C15H8Br2FNO2/c16-9-2-1-3-12-13(9)14(20)15(21)19(12)7-8-4-5-11(18)10(17)6-8/h1-6H,7H2. The van der Waals surface area contributed by atoms with Gasteiger partial charge in [-0.3, -0.25) is 9.59 Å². The molecule has 1 aliphatic heterocycles. The van der Waals surface area contributed by atoms with Crippen LogP contribution < -0.4 is 4.90 Å². The molecule has 0 spiro atoms. The molecule has 0 aromatic heterocycles. The number of anilines is 1. The summed E-state index contributed by atoms with van der Waals surface area (Å²) >= 11 is 6.41. The van der Waals surface area contributed by atoms with Gasteiger partial charge in [-0.15, -0.1) is 0 Å². The molecule has 0 radical (unpaired) electrons. The lowest BCUT2D eigenvalue weighted by Gasteiger charge is -2.17. The molecule has 0 N–H and O–H groups in total. The van der Waals surface area contributed by atoms with Crippen molar-refractivity contribution >= 4 is 49.2 Å². The van der Waals surface area contributed by atoms with Crippen LogP contribution in [0.15, 0.2) is 45.3 Å². The summed E-state index contributed by atoms with van der Waals surface area (Å²) in [6.45, 7) is 0.215. The molecule has 0 aliphatic carbocycles. The number of fused-ring (bicyclic) bond motifs is 1. The summed E-state index contributed by atoms with van der Waals surface area (Å²) in [7, 11) is 0. The maximum absolute atomic E-state index is 13.3. The van der Waals surface area contributed by atoms with Gasteiger partial charge in [0.15, 0.2) is 0 Å². The van der Waals surface area contributed by atoms with Gasteiger partial charge in [0.25, 0.3) is 11.7 Å². The van der Waals surface area contributed by atoms with Crippen molar-refractivity contribution in [1.82, 2.24) is 0 Å². The Morgan fingerprint density at radius 1 is 1.05 bits per heavy atom. The summed E-state index contributed by atoms with van der Waals surface area (Å²) < 4.78 is 14.2. The Kier molecular flexibility index (Phi) is 3.67. The summed E-state index contributed by atoms with van der Waals surface area (Å²) in [6, 6.07) is 9.73. The number of Topliss-reactive ketones (excluding diaryl/α,β-unsaturated/α-hetero) is 1. The minimum absolute atomic E-state index is 0.215. The monoisotopic (exact) mass is 411 g/mol. The van der Waals surface area contributed by atoms with Crippen molar-refractivity contribution in [3.05, 3.63) is 62.3 Å². The number of carbonyl (C=O) groups is 2. The van der Waals surface area contributed by atoms with Crippen LogP contribution in [-0.4, -0.2) is 11.7 Å². The molecule has 3 rings (SSSR count). The normalized spacial score (nSPS) is 13.8. The summed E-state index contributed by atoms with van der Waals surface area (Å²) in [5, 5.41) is 0. The first kappa shape index (κ1) is 14.4. The van der Waals surface area contributed by atoms with Gasteiger partial charge in [-0.1, -0.05) is 12.1 Å². The number of rotatable bonds is 2. The topological polar surface area (TPSA) is 37.4 Å². The van der Waals surface area contributed by atoms with E-state index in [1.807, 2.05) is 0 Å². The second-order valence-electron chi connectivity index (χ2n) is 4.60. The summed E-state index contributed by atoms with van der Waals surface area (Å²) in [5.74, 6) is -1.47. The van der Waals surface area contributed by atoms with Gasteiger partial charge in [-0.05, 0) is 61.7 Å². The first-order valence-electron chi connectivity index (χ1n) is 6.07. The molecule has 0 unspecified atom stereocenters. The van der Waals surface area contributed by atoms with Crippen molar-refractivity contribution in [2.24, 2.45) is 0 Å². The molecule has 106 valence electrons. The Morgan fingerprint density at radius 3 is 2.52 bits per heavy atom. The highest BCUT2D eigenvalue weighted by molar-refractivity contribution is 9.10. The van der Waals surface area contributed by atoms with Crippen LogP contribution in [0.5, 0.6) is 0 Å². The van der Waals surface area contributed by atoms with E-state index in [4.69, 9.17) is 0 Å². The second kappa shape index (κ2) is 5.35. The molecule has 2 aromatic rings. The fourth-order valence-corrected chi connectivity index (χ4v) is 3.24. The van der Waals surface area contributed by atoms with Gasteiger partial charge in [-0.25, -0.2) is 4.39 Å². The van der Waals surface area contributed by atoms with Gasteiger partial charge >= 0.3 is 0 Å². The molecule has 6 heteroatoms. The third-order valence-electron chi connectivity index (χ3n) is 3.27. The minimum Gasteiger partial charge on any atom is -0.300 e. The molecule has 0 fully saturated rings. The van der Waals surface area contributed by atoms with Gasteiger partial charge in [-0.2, -0.15) is 0 Å². The summed E-state index contributed by atoms with van der Waals surface area (Å²) in [6.07, 6.45) is 0. The van der Waals surface area contributed by atoms with Gasteiger partial charge < -0.3 is 4.90 Å². The fraction of sp³-hybridized carbons (Fsp3) is 0.0667. The lowest BCUT2D eigenvalue weighted by molar-refractivity contribution is -0.114. The van der Waals surface area contributed by atoms with E-state index in [1.54, 1.807) is 30.3 Å². The zero-order chi connectivity index (χ0) is 15.1. The van der Waals surface area contributed by atoms with Crippen molar-refractivity contribution in [3.63, 3.8) is 0 Å². The van der Waals surface area contributed by atoms with Crippen LogP contribution in [0.1, 0.15) is 15.9 Å². The Hall–Kier alpha value is -1.53. The number of halogens is 3. The van der Waals surface area contributed by atoms with E-state index in [1.165, 1.54) is 11.0 Å². The van der Waals surface area contributed by atoms with Gasteiger partial charge in [0.1, 0.15) is 5.82 Å². The predicted octanol–water partition coefficient (Wildman–Crippen LogP) is 4.08. The van der Waals surface area contributed by atoms with E-state index in [9.17, 15) is 14.0 Å². The number of carbonyl (C=O) groups excluding carboxylic acids is 2. The number of ketones is 1. The third kappa shape index (κ3) is 2.42. The smallest absolute Gasteiger partial charge is 0.299 e. The fourth-order valence-electron chi connectivity index (χ4n) is 2.28. The number of nitrogens with zero attached hydrogens (tertiary/aromatic N) is 1. The average molecular weight is 413 g/mol. The Morgan fingerprint density at radius 2 is 1.81 bits per heavy atom. The quantitative estimate of drug-likeness (QED) is 0.697. The highest BCUT2D eigenvalue weighted by atomic mass is 79.9. The van der Waals surface area contributed by atoms with E-state index in [0.29, 0.717) is 20.2 Å². The van der Waals surface area contributed by atoms with E-state index in [-0.39, 0.29) is 12.4 Å². The van der Waals surface area contributed by atoms with Crippen LogP contribution in [-0.2, 0) is 11.3 Å². The van der Waals surface area contributed by atoms with Crippen LogP contribution in [0, 0.1) is 5.82 Å². The SMILES string of the molecule is O=C1C(=O)N(Cc2ccc(F)c(Br)c2)c2cccc(Br)c21. The number of benzene rings is 2. The van der Waals surface area contributed by atoms with Crippen LogP contribution in [0.4, 0.5) is 10.1 Å². The first-order valence-corrected chi connectivity index (χ1v) is 7.66. The molecule has 1 aliphatic rings. The molecule has 0 saturated carbocycles. The number of hydrogen-bond acceptors (Lipinski definition) is 2. The Labute approximate surface area is 137 Å². The largest absolute Gasteiger partial charge is 0.300 e. The lowest BCUT2D eigenvalue weighted by Crippen LogP contribution is -2.29. The zero-order valence-electron chi connectivity index (χ0n) is 10.6. The van der Waals surface area contributed by atoms with Crippen molar-refractivity contribution in [2.45, 2.75) is 6.54 Å². The molecule has 0 bridgehead atoms. The van der Waals surface area contributed by atoms with Crippen molar-refractivity contribution in [3.8, 4) is 0 Å². The maximum Gasteiger partial charge on any atom is 0.299 e. The molecule has 2 aromatic carbocycles. The first-order chi connectivity index (χ1) is 9.99. The van der Waals surface area contributed by atoms with E-state index < -0.39 is 11.7 Å². The van der Waals surface area contributed by atoms with E-state index >= 15 is 0 Å². The van der Waals surface area contributed by atoms with Crippen LogP contribution in [0.3, 0.4) is 0 Å². The van der Waals surface area contributed by atoms with E-state index in [0.717, 1.165) is 5.56 Å². The highest BCUT2D eigenvalue weighted by Gasteiger charge is 2.37. The third-order valence-corrected chi connectivity index (χ3v) is 4.54. The van der Waals surface area contributed by atoms with Crippen LogP contribution in [0.2, 0.25) is 0 Å². The van der Waals surface area contributed by atoms with Crippen LogP contribution >= 0.6 is 31.9 Å². The second-order valence-corrected chi connectivity index (χ2v) is 6.31. The van der Waals surface area contributed by atoms with Gasteiger partial charge in [0.05, 0.1) is 22.3 Å². The number of hydrogen-bond donors (Lipinski definition) is 0. The molecule has 0 saturated heterocycles. The van der Waals surface area contributed by atoms with Crippen LogP contribution in [0.25, 0.3) is 0 Å². The number of amides is 1. The molecule has 0 atom stereocenters. The zero-order valence-corrected chi connectivity index (χ0v) is 13.7. The minimum atomic E-state index is -0.572.